The zero-order valence-electron chi connectivity index (χ0n) is 9.56. The Labute approximate surface area is 95.0 Å². The SMILES string of the molecule is COCCNC(C)(C(N)=O)c1ccccn1. The number of carbonyl (C=O) groups excluding carboxylic acids is 1. The van der Waals surface area contributed by atoms with Gasteiger partial charge in [0.05, 0.1) is 12.3 Å². The van der Waals surface area contributed by atoms with Crippen molar-refractivity contribution in [2.24, 2.45) is 5.73 Å². The van der Waals surface area contributed by atoms with E-state index >= 15 is 0 Å². The number of nitrogens with zero attached hydrogens (tertiary/aromatic N) is 1. The van der Waals surface area contributed by atoms with Gasteiger partial charge >= 0.3 is 0 Å². The molecule has 1 aromatic rings. The molecule has 0 spiro atoms. The molecule has 0 saturated heterocycles. The van der Waals surface area contributed by atoms with Crippen LogP contribution < -0.4 is 11.1 Å². The van der Waals surface area contributed by atoms with Gasteiger partial charge in [0.1, 0.15) is 5.54 Å². The monoisotopic (exact) mass is 223 g/mol. The van der Waals surface area contributed by atoms with Gasteiger partial charge in [-0.3, -0.25) is 15.1 Å². The van der Waals surface area contributed by atoms with E-state index in [1.54, 1.807) is 32.4 Å². The molecule has 1 heterocycles. The summed E-state index contributed by atoms with van der Waals surface area (Å²) in [5.41, 5.74) is 5.05. The van der Waals surface area contributed by atoms with Crippen LogP contribution in [0.25, 0.3) is 0 Å². The molecule has 16 heavy (non-hydrogen) atoms. The van der Waals surface area contributed by atoms with Crippen molar-refractivity contribution in [1.29, 1.82) is 0 Å². The Morgan fingerprint density at radius 3 is 2.88 bits per heavy atom. The summed E-state index contributed by atoms with van der Waals surface area (Å²) < 4.78 is 4.92. The minimum atomic E-state index is -0.959. The van der Waals surface area contributed by atoms with E-state index in [1.807, 2.05) is 6.07 Å². The highest BCUT2D eigenvalue weighted by molar-refractivity contribution is 5.85. The van der Waals surface area contributed by atoms with Crippen LogP contribution >= 0.6 is 0 Å². The summed E-state index contributed by atoms with van der Waals surface area (Å²) in [6.07, 6.45) is 1.63. The van der Waals surface area contributed by atoms with E-state index in [0.717, 1.165) is 0 Å². The lowest BCUT2D eigenvalue weighted by atomic mass is 9.96. The first-order valence-corrected chi connectivity index (χ1v) is 5.06. The van der Waals surface area contributed by atoms with E-state index in [9.17, 15) is 4.79 Å². The molecule has 1 atom stereocenters. The third-order valence-electron chi connectivity index (χ3n) is 2.45. The molecule has 1 unspecified atom stereocenters. The Kier molecular flexibility index (Phi) is 4.39. The van der Waals surface area contributed by atoms with Gasteiger partial charge in [0.25, 0.3) is 0 Å². The van der Waals surface area contributed by atoms with Gasteiger partial charge in [-0.25, -0.2) is 0 Å². The molecule has 0 aliphatic carbocycles. The summed E-state index contributed by atoms with van der Waals surface area (Å²) in [5.74, 6) is -0.456. The maximum atomic E-state index is 11.5. The van der Waals surface area contributed by atoms with Crippen molar-refractivity contribution >= 4 is 5.91 Å². The first-order chi connectivity index (χ1) is 7.61. The molecule has 0 aromatic carbocycles. The minimum absolute atomic E-state index is 0.456. The number of aromatic nitrogens is 1. The van der Waals surface area contributed by atoms with Crippen molar-refractivity contribution in [3.63, 3.8) is 0 Å². The maximum absolute atomic E-state index is 11.5. The highest BCUT2D eigenvalue weighted by Crippen LogP contribution is 2.17. The van der Waals surface area contributed by atoms with Gasteiger partial charge in [0.2, 0.25) is 5.91 Å². The summed E-state index contributed by atoms with van der Waals surface area (Å²) in [4.78, 5) is 15.6. The Morgan fingerprint density at radius 1 is 1.62 bits per heavy atom. The van der Waals surface area contributed by atoms with Crippen molar-refractivity contribution in [2.45, 2.75) is 12.5 Å². The number of nitrogens with one attached hydrogen (secondary N) is 1. The van der Waals surface area contributed by atoms with Crippen molar-refractivity contribution in [2.75, 3.05) is 20.3 Å². The zero-order chi connectivity index (χ0) is 12.0. The van der Waals surface area contributed by atoms with E-state index in [2.05, 4.69) is 10.3 Å². The topological polar surface area (TPSA) is 77.2 Å². The molecule has 0 aliphatic heterocycles. The van der Waals surface area contributed by atoms with Crippen LogP contribution in [0.1, 0.15) is 12.6 Å². The maximum Gasteiger partial charge on any atom is 0.243 e. The molecule has 0 saturated carbocycles. The number of rotatable bonds is 6. The highest BCUT2D eigenvalue weighted by atomic mass is 16.5. The number of nitrogens with two attached hydrogens (primary N) is 1. The molecular weight excluding hydrogens is 206 g/mol. The highest BCUT2D eigenvalue weighted by Gasteiger charge is 2.33. The molecule has 0 aliphatic rings. The van der Waals surface area contributed by atoms with E-state index in [4.69, 9.17) is 10.5 Å². The van der Waals surface area contributed by atoms with E-state index < -0.39 is 11.4 Å². The number of amides is 1. The second-order valence-corrected chi connectivity index (χ2v) is 3.62. The Morgan fingerprint density at radius 2 is 2.38 bits per heavy atom. The summed E-state index contributed by atoms with van der Waals surface area (Å²) in [7, 11) is 1.60. The normalized spacial score (nSPS) is 14.4. The standard InChI is InChI=1S/C11H17N3O2/c1-11(10(12)15,14-7-8-16-2)9-5-3-4-6-13-9/h3-6,14H,7-8H2,1-2H3,(H2,12,15). The molecule has 1 aromatic heterocycles. The number of primary amides is 1. The average Bonchev–Trinajstić information content (AvgIpc) is 2.30. The molecule has 3 N–H and O–H groups in total. The predicted octanol–water partition coefficient (Wildman–Crippen LogP) is 0.0181. The lowest BCUT2D eigenvalue weighted by Gasteiger charge is -2.26. The van der Waals surface area contributed by atoms with Crippen LogP contribution in [0.3, 0.4) is 0 Å². The molecule has 0 bridgehead atoms. The van der Waals surface area contributed by atoms with Crippen LogP contribution in [0.2, 0.25) is 0 Å². The molecular formula is C11H17N3O2. The number of methoxy groups -OCH3 is 1. The fourth-order valence-corrected chi connectivity index (χ4v) is 1.37. The Bertz CT molecular complexity index is 342. The van der Waals surface area contributed by atoms with Gasteiger partial charge in [0, 0.05) is 19.9 Å². The number of pyridine rings is 1. The van der Waals surface area contributed by atoms with Gasteiger partial charge < -0.3 is 10.5 Å². The van der Waals surface area contributed by atoms with Crippen LogP contribution in [-0.2, 0) is 15.1 Å². The lowest BCUT2D eigenvalue weighted by molar-refractivity contribution is -0.124. The molecule has 0 fully saturated rings. The second-order valence-electron chi connectivity index (χ2n) is 3.62. The Hall–Kier alpha value is -1.46. The van der Waals surface area contributed by atoms with Gasteiger partial charge in [-0.15, -0.1) is 0 Å². The van der Waals surface area contributed by atoms with Crippen molar-refractivity contribution in [1.82, 2.24) is 10.3 Å². The molecule has 5 nitrogen and oxygen atoms in total. The molecule has 0 radical (unpaired) electrons. The van der Waals surface area contributed by atoms with Crippen LogP contribution in [0, 0.1) is 0 Å². The molecule has 1 rings (SSSR count). The Balaban J connectivity index is 2.85. The van der Waals surface area contributed by atoms with Crippen LogP contribution in [0.4, 0.5) is 0 Å². The smallest absolute Gasteiger partial charge is 0.243 e. The first-order valence-electron chi connectivity index (χ1n) is 5.06. The van der Waals surface area contributed by atoms with Gasteiger partial charge in [-0.05, 0) is 19.1 Å². The van der Waals surface area contributed by atoms with E-state index in [-0.39, 0.29) is 0 Å². The van der Waals surface area contributed by atoms with Gasteiger partial charge in [-0.1, -0.05) is 6.07 Å². The van der Waals surface area contributed by atoms with Crippen LogP contribution in [0.15, 0.2) is 24.4 Å². The summed E-state index contributed by atoms with van der Waals surface area (Å²) in [5, 5.41) is 3.05. The predicted molar refractivity (Wildman–Crippen MR) is 60.7 cm³/mol. The van der Waals surface area contributed by atoms with Crippen LogP contribution in [-0.4, -0.2) is 31.2 Å². The number of ether oxygens (including phenoxy) is 1. The fraction of sp³-hybridized carbons (Fsp3) is 0.455. The van der Waals surface area contributed by atoms with E-state index in [1.165, 1.54) is 0 Å². The quantitative estimate of drug-likeness (QED) is 0.666. The third kappa shape index (κ3) is 2.77. The number of carbonyl (C=O) groups is 1. The van der Waals surface area contributed by atoms with Crippen molar-refractivity contribution in [3.8, 4) is 0 Å². The number of hydrogen-bond acceptors (Lipinski definition) is 4. The average molecular weight is 223 g/mol. The molecule has 5 heteroatoms. The van der Waals surface area contributed by atoms with Crippen LogP contribution in [0.5, 0.6) is 0 Å². The summed E-state index contributed by atoms with van der Waals surface area (Å²) in [6.45, 7) is 2.76. The first kappa shape index (κ1) is 12.6. The number of hydrogen-bond donors (Lipinski definition) is 2. The minimum Gasteiger partial charge on any atom is -0.383 e. The second kappa shape index (κ2) is 5.58. The third-order valence-corrected chi connectivity index (χ3v) is 2.45. The van der Waals surface area contributed by atoms with Crippen molar-refractivity contribution in [3.05, 3.63) is 30.1 Å². The van der Waals surface area contributed by atoms with E-state index in [0.29, 0.717) is 18.8 Å². The van der Waals surface area contributed by atoms with Gasteiger partial charge in [0.15, 0.2) is 0 Å². The zero-order valence-corrected chi connectivity index (χ0v) is 9.56. The molecule has 88 valence electrons. The summed E-state index contributed by atoms with van der Waals surface area (Å²) in [6, 6.07) is 5.38. The lowest BCUT2D eigenvalue weighted by Crippen LogP contribution is -2.51. The van der Waals surface area contributed by atoms with Crippen molar-refractivity contribution < 1.29 is 9.53 Å². The largest absolute Gasteiger partial charge is 0.383 e. The molecule has 1 amide bonds. The fourth-order valence-electron chi connectivity index (χ4n) is 1.37. The van der Waals surface area contributed by atoms with Gasteiger partial charge in [-0.2, -0.15) is 0 Å². The summed E-state index contributed by atoms with van der Waals surface area (Å²) >= 11 is 0.